The maximum Gasteiger partial charge on any atom is 0.265 e. The number of hydrogen-bond donors (Lipinski definition) is 2. The van der Waals surface area contributed by atoms with Gasteiger partial charge in [0.05, 0.1) is 6.26 Å². The number of sulfonamides is 1. The van der Waals surface area contributed by atoms with E-state index >= 15 is 0 Å². The standard InChI is InChI=1S/C36H37N3O4S/c1-23(2)29-10-8-9-27(19-29)21-37-35(40)30-17-18-34-33(20-30)24(3)25(4)39(34)22-26-13-15-28(16-14-26)31-11-6-7-12-32(31)36(41)38-44(5,42)43/h6-20,23H,21-22H2,1-5H3,(H,37,40)(H,38,41). The minimum Gasteiger partial charge on any atom is -0.348 e. The highest BCUT2D eigenvalue weighted by molar-refractivity contribution is 7.89. The second-order valence-corrected chi connectivity index (χ2v) is 13.3. The molecule has 0 fully saturated rings. The highest BCUT2D eigenvalue weighted by Crippen LogP contribution is 2.29. The molecule has 5 aromatic rings. The van der Waals surface area contributed by atoms with Crippen molar-refractivity contribution in [1.29, 1.82) is 0 Å². The topological polar surface area (TPSA) is 97.3 Å². The number of rotatable bonds is 9. The zero-order chi connectivity index (χ0) is 31.6. The van der Waals surface area contributed by atoms with Crippen LogP contribution >= 0.6 is 0 Å². The minimum absolute atomic E-state index is 0.104. The molecular formula is C36H37N3O4S. The van der Waals surface area contributed by atoms with Crippen LogP contribution in [0.5, 0.6) is 0 Å². The third-order valence-electron chi connectivity index (χ3n) is 8.03. The first-order valence-electron chi connectivity index (χ1n) is 14.6. The average molecular weight is 608 g/mol. The van der Waals surface area contributed by atoms with Crippen LogP contribution in [0.15, 0.2) is 91.0 Å². The maximum atomic E-state index is 13.1. The molecule has 7 nitrogen and oxygen atoms in total. The maximum absolute atomic E-state index is 13.1. The number of aromatic nitrogens is 1. The van der Waals surface area contributed by atoms with Gasteiger partial charge in [0.25, 0.3) is 11.8 Å². The van der Waals surface area contributed by atoms with Crippen molar-refractivity contribution in [1.82, 2.24) is 14.6 Å². The normalized spacial score (nSPS) is 11.6. The Balaban J connectivity index is 1.34. The summed E-state index contributed by atoms with van der Waals surface area (Å²) in [6.45, 7) is 9.58. The fraction of sp³-hybridized carbons (Fsp3) is 0.222. The van der Waals surface area contributed by atoms with Gasteiger partial charge in [-0.1, -0.05) is 80.6 Å². The van der Waals surface area contributed by atoms with Gasteiger partial charge in [-0.05, 0) is 77.4 Å². The van der Waals surface area contributed by atoms with Gasteiger partial charge in [-0.2, -0.15) is 0 Å². The van der Waals surface area contributed by atoms with Gasteiger partial charge in [0, 0.05) is 40.8 Å². The van der Waals surface area contributed by atoms with Crippen molar-refractivity contribution in [2.45, 2.75) is 46.7 Å². The number of carbonyl (C=O) groups excluding carboxylic acids is 2. The van der Waals surface area contributed by atoms with E-state index in [2.05, 4.69) is 54.4 Å². The number of hydrogen-bond acceptors (Lipinski definition) is 4. The lowest BCUT2D eigenvalue weighted by Gasteiger charge is -2.12. The van der Waals surface area contributed by atoms with Crippen LogP contribution in [0.2, 0.25) is 0 Å². The highest BCUT2D eigenvalue weighted by Gasteiger charge is 2.17. The third-order valence-corrected chi connectivity index (χ3v) is 8.58. The molecule has 0 radical (unpaired) electrons. The number of amides is 2. The first-order valence-corrected chi connectivity index (χ1v) is 16.5. The largest absolute Gasteiger partial charge is 0.348 e. The number of nitrogens with zero attached hydrogens (tertiary/aromatic N) is 1. The van der Waals surface area contributed by atoms with E-state index in [0.29, 0.717) is 30.1 Å². The molecule has 1 aromatic heterocycles. The van der Waals surface area contributed by atoms with Gasteiger partial charge in [0.1, 0.15) is 0 Å². The molecular weight excluding hydrogens is 570 g/mol. The van der Waals surface area contributed by atoms with E-state index in [4.69, 9.17) is 0 Å². The summed E-state index contributed by atoms with van der Waals surface area (Å²) >= 11 is 0. The van der Waals surface area contributed by atoms with Crippen molar-refractivity contribution in [2.24, 2.45) is 0 Å². The van der Waals surface area contributed by atoms with Crippen LogP contribution in [0.1, 0.15) is 68.4 Å². The second-order valence-electron chi connectivity index (χ2n) is 11.6. The van der Waals surface area contributed by atoms with E-state index in [1.807, 2.05) is 60.7 Å². The predicted octanol–water partition coefficient (Wildman–Crippen LogP) is 6.72. The van der Waals surface area contributed by atoms with Gasteiger partial charge >= 0.3 is 0 Å². The van der Waals surface area contributed by atoms with Gasteiger partial charge in [0.2, 0.25) is 10.0 Å². The van der Waals surface area contributed by atoms with Crippen molar-refractivity contribution < 1.29 is 18.0 Å². The molecule has 4 aromatic carbocycles. The van der Waals surface area contributed by atoms with E-state index in [0.717, 1.165) is 45.1 Å². The van der Waals surface area contributed by atoms with Gasteiger partial charge in [-0.15, -0.1) is 0 Å². The van der Waals surface area contributed by atoms with Crippen molar-refractivity contribution >= 4 is 32.7 Å². The fourth-order valence-electron chi connectivity index (χ4n) is 5.47. The monoisotopic (exact) mass is 607 g/mol. The summed E-state index contributed by atoms with van der Waals surface area (Å²) in [4.78, 5) is 25.7. The fourth-order valence-corrected chi connectivity index (χ4v) is 5.92. The summed E-state index contributed by atoms with van der Waals surface area (Å²) in [5.41, 5.74) is 9.07. The molecule has 0 aliphatic rings. The molecule has 0 saturated heterocycles. The zero-order valence-electron chi connectivity index (χ0n) is 25.6. The van der Waals surface area contributed by atoms with Crippen LogP contribution in [-0.2, 0) is 23.1 Å². The van der Waals surface area contributed by atoms with Crippen LogP contribution in [-0.4, -0.2) is 31.1 Å². The van der Waals surface area contributed by atoms with E-state index in [-0.39, 0.29) is 11.5 Å². The molecule has 5 rings (SSSR count). The first-order chi connectivity index (χ1) is 20.9. The quantitative estimate of drug-likeness (QED) is 0.195. The molecule has 44 heavy (non-hydrogen) atoms. The highest BCUT2D eigenvalue weighted by atomic mass is 32.2. The molecule has 0 aliphatic carbocycles. The summed E-state index contributed by atoms with van der Waals surface area (Å²) in [5, 5.41) is 4.11. The Morgan fingerprint density at radius 2 is 1.55 bits per heavy atom. The molecule has 2 amide bonds. The SMILES string of the molecule is Cc1c(C)n(Cc2ccc(-c3ccccc3C(=O)NS(C)(=O)=O)cc2)c2ccc(C(=O)NCc3cccc(C(C)C)c3)cc12. The molecule has 8 heteroatoms. The molecule has 2 N–H and O–H groups in total. The van der Waals surface area contributed by atoms with E-state index < -0.39 is 15.9 Å². The first kappa shape index (κ1) is 30.8. The molecule has 1 heterocycles. The summed E-state index contributed by atoms with van der Waals surface area (Å²) in [7, 11) is -3.68. The zero-order valence-corrected chi connectivity index (χ0v) is 26.5. The second kappa shape index (κ2) is 12.5. The van der Waals surface area contributed by atoms with E-state index in [1.165, 1.54) is 5.56 Å². The number of carbonyl (C=O) groups is 2. The summed E-state index contributed by atoms with van der Waals surface area (Å²) in [6.07, 6.45) is 0.959. The molecule has 0 unspecified atom stereocenters. The minimum atomic E-state index is -3.68. The van der Waals surface area contributed by atoms with E-state index in [1.54, 1.807) is 18.2 Å². The Kier molecular flexibility index (Phi) is 8.74. The third kappa shape index (κ3) is 6.76. The van der Waals surface area contributed by atoms with Gasteiger partial charge < -0.3 is 9.88 Å². The van der Waals surface area contributed by atoms with Crippen molar-refractivity contribution in [2.75, 3.05) is 6.26 Å². The number of nitrogens with one attached hydrogen (secondary N) is 2. The van der Waals surface area contributed by atoms with Crippen molar-refractivity contribution in [3.05, 3.63) is 130 Å². The van der Waals surface area contributed by atoms with Gasteiger partial charge in [0.15, 0.2) is 0 Å². The Labute approximate surface area is 259 Å². The lowest BCUT2D eigenvalue weighted by atomic mass is 9.98. The predicted molar refractivity (Wildman–Crippen MR) is 176 cm³/mol. The Morgan fingerprint density at radius 3 is 2.25 bits per heavy atom. The van der Waals surface area contributed by atoms with Crippen molar-refractivity contribution in [3.8, 4) is 11.1 Å². The molecule has 226 valence electrons. The number of fused-ring (bicyclic) bond motifs is 1. The van der Waals surface area contributed by atoms with Crippen LogP contribution in [0.4, 0.5) is 0 Å². The van der Waals surface area contributed by atoms with Gasteiger partial charge in [-0.25, -0.2) is 13.1 Å². The lowest BCUT2D eigenvalue weighted by molar-refractivity contribution is 0.0949. The molecule has 0 saturated carbocycles. The Bertz CT molecular complexity index is 1970. The number of aryl methyl sites for hydroxylation is 1. The van der Waals surface area contributed by atoms with Crippen LogP contribution in [0.3, 0.4) is 0 Å². The summed E-state index contributed by atoms with van der Waals surface area (Å²) in [6, 6.07) is 29.0. The van der Waals surface area contributed by atoms with Crippen LogP contribution < -0.4 is 10.0 Å². The van der Waals surface area contributed by atoms with Gasteiger partial charge in [-0.3, -0.25) is 9.59 Å². The van der Waals surface area contributed by atoms with Crippen LogP contribution in [0.25, 0.3) is 22.0 Å². The molecule has 0 spiro atoms. The average Bonchev–Trinajstić information content (AvgIpc) is 3.23. The van der Waals surface area contributed by atoms with Crippen LogP contribution in [0, 0.1) is 13.8 Å². The molecule has 0 bridgehead atoms. The lowest BCUT2D eigenvalue weighted by Crippen LogP contribution is -2.29. The number of benzene rings is 4. The van der Waals surface area contributed by atoms with E-state index in [9.17, 15) is 18.0 Å². The molecule has 0 aliphatic heterocycles. The Morgan fingerprint density at radius 1 is 0.818 bits per heavy atom. The smallest absolute Gasteiger partial charge is 0.265 e. The summed E-state index contributed by atoms with van der Waals surface area (Å²) < 4.78 is 27.5. The molecule has 0 atom stereocenters. The van der Waals surface area contributed by atoms with Crippen molar-refractivity contribution in [3.63, 3.8) is 0 Å². The summed E-state index contributed by atoms with van der Waals surface area (Å²) in [5.74, 6) is -0.335. The Hall–Kier alpha value is -4.69.